The van der Waals surface area contributed by atoms with Crippen LogP contribution in [0.1, 0.15) is 21.9 Å². The molecule has 0 bridgehead atoms. The molecule has 3 amide bonds. The fourth-order valence-electron chi connectivity index (χ4n) is 5.05. The van der Waals surface area contributed by atoms with E-state index in [1.165, 1.54) is 16.7 Å². The first-order chi connectivity index (χ1) is 18.9. The lowest BCUT2D eigenvalue weighted by molar-refractivity contribution is -0.122. The minimum atomic E-state index is -0.693. The number of aromatic amines is 1. The van der Waals surface area contributed by atoms with E-state index in [0.29, 0.717) is 22.2 Å². The molecule has 6 rings (SSSR count). The van der Waals surface area contributed by atoms with Crippen LogP contribution in [0.2, 0.25) is 0 Å². The molecule has 1 aromatic heterocycles. The molecule has 196 valence electrons. The number of imide groups is 1. The Morgan fingerprint density at radius 3 is 2.54 bits per heavy atom. The van der Waals surface area contributed by atoms with Gasteiger partial charge in [-0.05, 0) is 48.4 Å². The van der Waals surface area contributed by atoms with Crippen molar-refractivity contribution in [1.82, 2.24) is 4.98 Å². The van der Waals surface area contributed by atoms with Crippen LogP contribution in [0.25, 0.3) is 0 Å². The molecule has 2 N–H and O–H groups in total. The number of amides is 3. The number of rotatable bonds is 6. The number of nitrogens with one attached hydrogen (secondary N) is 2. The quantitative estimate of drug-likeness (QED) is 0.337. The molecule has 3 heterocycles. The maximum atomic E-state index is 13.8. The van der Waals surface area contributed by atoms with Gasteiger partial charge in [0.05, 0.1) is 16.6 Å². The fraction of sp³-hybridized carbons (Fsp3) is 0.172. The number of anilines is 2. The molecule has 2 aliphatic rings. The summed E-state index contributed by atoms with van der Waals surface area (Å²) in [5, 5.41) is 2.78. The van der Waals surface area contributed by atoms with Crippen molar-refractivity contribution in [2.45, 2.75) is 23.1 Å². The first-order valence-electron chi connectivity index (χ1n) is 12.3. The van der Waals surface area contributed by atoms with Crippen LogP contribution in [-0.4, -0.2) is 34.6 Å². The van der Waals surface area contributed by atoms with Gasteiger partial charge in [-0.2, -0.15) is 0 Å². The molecule has 0 saturated carbocycles. The second-order valence-corrected chi connectivity index (χ2v) is 11.5. The molecule has 2 aliphatic heterocycles. The van der Waals surface area contributed by atoms with E-state index in [4.69, 9.17) is 4.74 Å². The van der Waals surface area contributed by atoms with Crippen molar-refractivity contribution in [2.24, 2.45) is 5.92 Å². The lowest BCUT2D eigenvalue weighted by Gasteiger charge is -2.30. The average Bonchev–Trinajstić information content (AvgIpc) is 3.43. The zero-order valence-corrected chi connectivity index (χ0v) is 22.4. The molecule has 3 atom stereocenters. The maximum absolute atomic E-state index is 13.8. The second-order valence-electron chi connectivity index (χ2n) is 9.32. The number of ether oxygens (including phenoxy) is 1. The van der Waals surface area contributed by atoms with Crippen LogP contribution in [0.5, 0.6) is 5.75 Å². The Morgan fingerprint density at radius 2 is 1.74 bits per heavy atom. The molecule has 0 radical (unpaired) electrons. The number of thioether (sulfide) groups is 1. The highest BCUT2D eigenvalue weighted by Gasteiger charge is 2.56. The SMILES string of the molecule is Cc1ccccc1NC(=O)COc1cccc([C@@H]2c3sc(=O)[nH]c3S[C@H]3C(=O)N(c4ccccc4)C(=O)[C@@H]23)c1. The minimum Gasteiger partial charge on any atom is -0.484 e. The van der Waals surface area contributed by atoms with Gasteiger partial charge in [-0.15, -0.1) is 0 Å². The van der Waals surface area contributed by atoms with Crippen LogP contribution in [0.3, 0.4) is 0 Å². The van der Waals surface area contributed by atoms with Crippen molar-refractivity contribution < 1.29 is 19.1 Å². The van der Waals surface area contributed by atoms with Crippen LogP contribution < -0.4 is 19.8 Å². The molecule has 10 heteroatoms. The second kappa shape index (κ2) is 10.2. The molecular weight excluding hydrogens is 534 g/mol. The Balaban J connectivity index is 1.29. The molecular formula is C29H23N3O5S2. The predicted octanol–water partition coefficient (Wildman–Crippen LogP) is 4.56. The number of carbonyl (C=O) groups excluding carboxylic acids is 3. The Labute approximate surface area is 232 Å². The van der Waals surface area contributed by atoms with Gasteiger partial charge in [0.15, 0.2) is 6.61 Å². The van der Waals surface area contributed by atoms with Gasteiger partial charge in [-0.1, -0.05) is 71.6 Å². The number of fused-ring (bicyclic) bond motifs is 2. The lowest BCUT2D eigenvalue weighted by atomic mass is 9.83. The van der Waals surface area contributed by atoms with E-state index in [0.717, 1.165) is 27.3 Å². The molecule has 1 saturated heterocycles. The number of thiazole rings is 1. The summed E-state index contributed by atoms with van der Waals surface area (Å²) in [5.74, 6) is -1.67. The summed E-state index contributed by atoms with van der Waals surface area (Å²) in [7, 11) is 0. The number of para-hydroxylation sites is 2. The summed E-state index contributed by atoms with van der Waals surface area (Å²) in [5.41, 5.74) is 2.91. The van der Waals surface area contributed by atoms with E-state index in [1.807, 2.05) is 43.3 Å². The number of hydrogen-bond acceptors (Lipinski definition) is 7. The van der Waals surface area contributed by atoms with Crippen LogP contribution in [-0.2, 0) is 14.4 Å². The van der Waals surface area contributed by atoms with Gasteiger partial charge in [0.2, 0.25) is 11.8 Å². The largest absolute Gasteiger partial charge is 0.484 e. The third kappa shape index (κ3) is 4.66. The smallest absolute Gasteiger partial charge is 0.305 e. The normalized spacial score (nSPS) is 19.9. The van der Waals surface area contributed by atoms with Gasteiger partial charge < -0.3 is 15.0 Å². The molecule has 0 unspecified atom stereocenters. The van der Waals surface area contributed by atoms with Gasteiger partial charge >= 0.3 is 4.87 Å². The van der Waals surface area contributed by atoms with Gasteiger partial charge in [0.25, 0.3) is 5.91 Å². The van der Waals surface area contributed by atoms with Crippen LogP contribution in [0.15, 0.2) is 88.7 Å². The van der Waals surface area contributed by atoms with E-state index in [9.17, 15) is 19.2 Å². The summed E-state index contributed by atoms with van der Waals surface area (Å²) >= 11 is 2.29. The number of nitrogens with zero attached hydrogens (tertiary/aromatic N) is 1. The number of benzene rings is 3. The number of carbonyl (C=O) groups is 3. The van der Waals surface area contributed by atoms with E-state index in [1.54, 1.807) is 42.5 Å². The lowest BCUT2D eigenvalue weighted by Crippen LogP contribution is -2.32. The molecule has 0 spiro atoms. The number of H-pyrrole nitrogens is 1. The van der Waals surface area contributed by atoms with Crippen molar-refractivity contribution >= 4 is 52.2 Å². The van der Waals surface area contributed by atoms with E-state index in [-0.39, 0.29) is 29.2 Å². The molecule has 0 aliphatic carbocycles. The topological polar surface area (TPSA) is 109 Å². The average molecular weight is 558 g/mol. The standard InChI is InChI=1S/C29H23N3O5S2/c1-16-8-5-6-13-20(16)30-21(33)15-37-19-12-7-9-17(14-19)22-23-25(38-26-24(22)39-29(36)31-26)28(35)32(27(23)34)18-10-3-2-4-11-18/h2-14,22-23,25H,15H2,1H3,(H,30,33)(H,31,36)/t22-,23-,25+/m0/s1. The Morgan fingerprint density at radius 1 is 0.974 bits per heavy atom. The highest BCUT2D eigenvalue weighted by molar-refractivity contribution is 8.00. The van der Waals surface area contributed by atoms with Gasteiger partial charge in [-0.3, -0.25) is 19.2 Å². The number of aromatic nitrogens is 1. The van der Waals surface area contributed by atoms with Gasteiger partial charge in [0, 0.05) is 16.5 Å². The first kappa shape index (κ1) is 25.1. The Bertz CT molecular complexity index is 1650. The van der Waals surface area contributed by atoms with E-state index in [2.05, 4.69) is 10.3 Å². The molecule has 4 aromatic rings. The highest BCUT2D eigenvalue weighted by Crippen LogP contribution is 2.53. The third-order valence-corrected chi connectivity index (χ3v) is 9.25. The fourth-order valence-corrected chi connectivity index (χ4v) is 7.57. The zero-order chi connectivity index (χ0) is 27.1. The third-order valence-electron chi connectivity index (χ3n) is 6.84. The van der Waals surface area contributed by atoms with Crippen molar-refractivity contribution in [1.29, 1.82) is 0 Å². The number of aryl methyl sites for hydroxylation is 1. The van der Waals surface area contributed by atoms with E-state index >= 15 is 0 Å². The Kier molecular flexibility index (Phi) is 6.58. The maximum Gasteiger partial charge on any atom is 0.305 e. The van der Waals surface area contributed by atoms with Crippen LogP contribution >= 0.6 is 23.1 Å². The number of hydrogen-bond donors (Lipinski definition) is 2. The molecule has 1 fully saturated rings. The molecule has 3 aromatic carbocycles. The summed E-state index contributed by atoms with van der Waals surface area (Å²) in [6.45, 7) is 1.71. The summed E-state index contributed by atoms with van der Waals surface area (Å²) in [6.07, 6.45) is 0. The van der Waals surface area contributed by atoms with Gasteiger partial charge in [0.1, 0.15) is 11.0 Å². The summed E-state index contributed by atoms with van der Waals surface area (Å²) < 4.78 is 5.81. The van der Waals surface area contributed by atoms with Crippen molar-refractivity contribution in [3.63, 3.8) is 0 Å². The van der Waals surface area contributed by atoms with E-state index < -0.39 is 17.1 Å². The minimum absolute atomic E-state index is 0.202. The summed E-state index contributed by atoms with van der Waals surface area (Å²) in [4.78, 5) is 56.7. The van der Waals surface area contributed by atoms with Crippen LogP contribution in [0, 0.1) is 12.8 Å². The van der Waals surface area contributed by atoms with Crippen molar-refractivity contribution in [3.05, 3.63) is 105 Å². The molecule has 39 heavy (non-hydrogen) atoms. The monoisotopic (exact) mass is 557 g/mol. The Hall–Kier alpha value is -4.15. The summed E-state index contributed by atoms with van der Waals surface area (Å²) in [6, 6.07) is 23.5. The predicted molar refractivity (Wildman–Crippen MR) is 151 cm³/mol. The van der Waals surface area contributed by atoms with Gasteiger partial charge in [-0.25, -0.2) is 4.90 Å². The first-order valence-corrected chi connectivity index (χ1v) is 14.0. The van der Waals surface area contributed by atoms with Crippen molar-refractivity contribution in [2.75, 3.05) is 16.8 Å². The highest BCUT2D eigenvalue weighted by atomic mass is 32.2. The zero-order valence-electron chi connectivity index (χ0n) is 20.7. The molecule has 8 nitrogen and oxygen atoms in total. The van der Waals surface area contributed by atoms with Crippen molar-refractivity contribution in [3.8, 4) is 5.75 Å². The van der Waals surface area contributed by atoms with Crippen LogP contribution in [0.4, 0.5) is 11.4 Å².